The van der Waals surface area contributed by atoms with E-state index < -0.39 is 0 Å². The standard InChI is InChI=1S/C12H14/c1-2-4-12-8-10-5-9(6-10)7-11(12)3-1/h1-4,9-10H,5-8H2. The molecule has 4 rings (SSSR count). The van der Waals surface area contributed by atoms with Crippen molar-refractivity contribution in [2.45, 2.75) is 25.7 Å². The van der Waals surface area contributed by atoms with E-state index in [0.717, 1.165) is 11.8 Å². The molecule has 12 heavy (non-hydrogen) atoms. The van der Waals surface area contributed by atoms with Gasteiger partial charge in [0.1, 0.15) is 0 Å². The van der Waals surface area contributed by atoms with E-state index in [1.54, 1.807) is 11.1 Å². The van der Waals surface area contributed by atoms with Gasteiger partial charge in [0.2, 0.25) is 0 Å². The Hall–Kier alpha value is -0.780. The Labute approximate surface area is 73.6 Å². The molecular formula is C12H14. The first kappa shape index (κ1) is 6.71. The van der Waals surface area contributed by atoms with Gasteiger partial charge in [-0.05, 0) is 48.6 Å². The Morgan fingerprint density at radius 2 is 1.33 bits per heavy atom. The van der Waals surface area contributed by atoms with Gasteiger partial charge in [-0.25, -0.2) is 0 Å². The van der Waals surface area contributed by atoms with E-state index in [9.17, 15) is 0 Å². The van der Waals surface area contributed by atoms with Crippen molar-refractivity contribution in [3.8, 4) is 0 Å². The summed E-state index contributed by atoms with van der Waals surface area (Å²) in [6, 6.07) is 9.00. The van der Waals surface area contributed by atoms with E-state index in [4.69, 9.17) is 0 Å². The molecule has 0 heteroatoms. The van der Waals surface area contributed by atoms with Crippen LogP contribution in [-0.4, -0.2) is 0 Å². The lowest BCUT2D eigenvalue weighted by atomic mass is 9.73. The predicted octanol–water partition coefficient (Wildman–Crippen LogP) is 2.81. The second kappa shape index (κ2) is 2.35. The van der Waals surface area contributed by atoms with Gasteiger partial charge in [-0.3, -0.25) is 0 Å². The Morgan fingerprint density at radius 1 is 0.833 bits per heavy atom. The topological polar surface area (TPSA) is 0 Å². The SMILES string of the molecule is c1ccc2c(c1)CC1CC(C2)C1. The summed E-state index contributed by atoms with van der Waals surface area (Å²) in [6.07, 6.45) is 5.70. The van der Waals surface area contributed by atoms with Crippen LogP contribution in [0.1, 0.15) is 24.0 Å². The summed E-state index contributed by atoms with van der Waals surface area (Å²) in [5, 5.41) is 0. The minimum absolute atomic E-state index is 1.03. The van der Waals surface area contributed by atoms with Crippen LogP contribution in [0.25, 0.3) is 0 Å². The Bertz CT molecular complexity index is 266. The molecule has 0 aromatic heterocycles. The molecule has 62 valence electrons. The third-order valence-corrected chi connectivity index (χ3v) is 3.47. The highest BCUT2D eigenvalue weighted by molar-refractivity contribution is 5.30. The highest BCUT2D eigenvalue weighted by Gasteiger charge is 2.32. The van der Waals surface area contributed by atoms with Crippen LogP contribution in [0.15, 0.2) is 24.3 Å². The summed E-state index contributed by atoms with van der Waals surface area (Å²) in [5.41, 5.74) is 3.25. The molecule has 0 saturated heterocycles. The normalized spacial score (nSPS) is 31.7. The van der Waals surface area contributed by atoms with Gasteiger partial charge < -0.3 is 0 Å². The van der Waals surface area contributed by atoms with Gasteiger partial charge in [-0.1, -0.05) is 24.3 Å². The third-order valence-electron chi connectivity index (χ3n) is 3.47. The van der Waals surface area contributed by atoms with Gasteiger partial charge >= 0.3 is 0 Å². The largest absolute Gasteiger partial charge is 0.0620 e. The predicted molar refractivity (Wildman–Crippen MR) is 50.1 cm³/mol. The van der Waals surface area contributed by atoms with Crippen molar-refractivity contribution in [3.63, 3.8) is 0 Å². The number of hydrogen-bond acceptors (Lipinski definition) is 0. The summed E-state index contributed by atoms with van der Waals surface area (Å²) in [6.45, 7) is 0. The van der Waals surface area contributed by atoms with Crippen molar-refractivity contribution in [2.75, 3.05) is 0 Å². The molecule has 0 nitrogen and oxygen atoms in total. The van der Waals surface area contributed by atoms with Gasteiger partial charge in [-0.2, -0.15) is 0 Å². The lowest BCUT2D eigenvalue weighted by Gasteiger charge is -2.32. The average Bonchev–Trinajstić information content (AvgIpc) is 2.29. The molecule has 0 atom stereocenters. The first-order chi connectivity index (χ1) is 5.92. The van der Waals surface area contributed by atoms with E-state index in [-0.39, 0.29) is 0 Å². The molecule has 3 aliphatic rings. The molecule has 0 aliphatic heterocycles. The van der Waals surface area contributed by atoms with E-state index in [2.05, 4.69) is 24.3 Å². The number of rotatable bonds is 0. The molecule has 1 fully saturated rings. The Kier molecular flexibility index (Phi) is 1.31. The van der Waals surface area contributed by atoms with Crippen molar-refractivity contribution in [1.29, 1.82) is 0 Å². The summed E-state index contributed by atoms with van der Waals surface area (Å²) in [5.74, 6) is 2.05. The molecule has 1 saturated carbocycles. The maximum Gasteiger partial charge on any atom is -0.0247 e. The van der Waals surface area contributed by atoms with Crippen LogP contribution < -0.4 is 0 Å². The van der Waals surface area contributed by atoms with Crippen LogP contribution in [0.5, 0.6) is 0 Å². The highest BCUT2D eigenvalue weighted by atomic mass is 14.4. The second-order valence-corrected chi connectivity index (χ2v) is 4.38. The van der Waals surface area contributed by atoms with Gasteiger partial charge in [0.15, 0.2) is 0 Å². The molecular weight excluding hydrogens is 144 g/mol. The fourth-order valence-electron chi connectivity index (χ4n) is 2.78. The van der Waals surface area contributed by atoms with Crippen LogP contribution in [0.2, 0.25) is 0 Å². The van der Waals surface area contributed by atoms with Crippen molar-refractivity contribution in [3.05, 3.63) is 35.4 Å². The van der Waals surface area contributed by atoms with Crippen molar-refractivity contribution < 1.29 is 0 Å². The summed E-state index contributed by atoms with van der Waals surface area (Å²) in [7, 11) is 0. The zero-order valence-electron chi connectivity index (χ0n) is 7.29. The van der Waals surface area contributed by atoms with Gasteiger partial charge in [0.05, 0.1) is 0 Å². The molecule has 1 aromatic rings. The van der Waals surface area contributed by atoms with E-state index in [1.165, 1.54) is 25.7 Å². The Morgan fingerprint density at radius 3 is 1.83 bits per heavy atom. The summed E-state index contributed by atoms with van der Waals surface area (Å²) >= 11 is 0. The fraction of sp³-hybridized carbons (Fsp3) is 0.500. The van der Waals surface area contributed by atoms with Crippen LogP contribution >= 0.6 is 0 Å². The van der Waals surface area contributed by atoms with E-state index in [0.29, 0.717) is 0 Å². The monoisotopic (exact) mass is 158 g/mol. The van der Waals surface area contributed by atoms with E-state index in [1.807, 2.05) is 0 Å². The van der Waals surface area contributed by atoms with Gasteiger partial charge in [0, 0.05) is 0 Å². The maximum absolute atomic E-state index is 2.32. The highest BCUT2D eigenvalue weighted by Crippen LogP contribution is 2.42. The quantitative estimate of drug-likeness (QED) is 0.544. The maximum atomic E-state index is 2.32. The van der Waals surface area contributed by atoms with Crippen LogP contribution in [0.3, 0.4) is 0 Å². The second-order valence-electron chi connectivity index (χ2n) is 4.38. The molecule has 0 amide bonds. The third kappa shape index (κ3) is 0.906. The molecule has 0 N–H and O–H groups in total. The average molecular weight is 158 g/mol. The zero-order chi connectivity index (χ0) is 7.97. The zero-order valence-corrected chi connectivity index (χ0v) is 7.29. The number of hydrogen-bond donors (Lipinski definition) is 0. The molecule has 0 unspecified atom stereocenters. The molecule has 0 heterocycles. The molecule has 0 spiro atoms. The smallest absolute Gasteiger partial charge is 0.0247 e. The summed E-state index contributed by atoms with van der Waals surface area (Å²) < 4.78 is 0. The van der Waals surface area contributed by atoms with Crippen molar-refractivity contribution in [1.82, 2.24) is 0 Å². The minimum atomic E-state index is 1.03. The minimum Gasteiger partial charge on any atom is -0.0620 e. The summed E-state index contributed by atoms with van der Waals surface area (Å²) in [4.78, 5) is 0. The van der Waals surface area contributed by atoms with Crippen LogP contribution in [0.4, 0.5) is 0 Å². The molecule has 2 bridgehead atoms. The van der Waals surface area contributed by atoms with Crippen LogP contribution in [0, 0.1) is 11.8 Å². The van der Waals surface area contributed by atoms with Crippen molar-refractivity contribution >= 4 is 0 Å². The molecule has 1 aromatic carbocycles. The first-order valence-electron chi connectivity index (χ1n) is 4.98. The van der Waals surface area contributed by atoms with E-state index >= 15 is 0 Å². The molecule has 0 radical (unpaired) electrons. The fourth-order valence-corrected chi connectivity index (χ4v) is 2.78. The first-order valence-corrected chi connectivity index (χ1v) is 4.98. The molecule has 3 aliphatic carbocycles. The lowest BCUT2D eigenvalue weighted by Crippen LogP contribution is -2.23. The Balaban J connectivity index is 2.04. The van der Waals surface area contributed by atoms with Gasteiger partial charge in [-0.15, -0.1) is 0 Å². The van der Waals surface area contributed by atoms with Crippen LogP contribution in [-0.2, 0) is 12.8 Å². The number of benzene rings is 1. The van der Waals surface area contributed by atoms with Gasteiger partial charge in [0.25, 0.3) is 0 Å². The lowest BCUT2D eigenvalue weighted by molar-refractivity contribution is 0.203. The van der Waals surface area contributed by atoms with Crippen molar-refractivity contribution in [2.24, 2.45) is 11.8 Å².